The molecule has 0 unspecified atom stereocenters. The van der Waals surface area contributed by atoms with Gasteiger partial charge in [-0.2, -0.15) is 0 Å². The van der Waals surface area contributed by atoms with Crippen LogP contribution in [-0.2, 0) is 9.84 Å². The number of hydrogen-bond donors (Lipinski definition) is 0. The Hall–Kier alpha value is -1.94. The highest BCUT2D eigenvalue weighted by Crippen LogP contribution is 2.12. The molecule has 0 fully saturated rings. The fourth-order valence-corrected chi connectivity index (χ4v) is 2.09. The lowest BCUT2D eigenvalue weighted by molar-refractivity contribution is 0.602. The second kappa shape index (κ2) is 5.14. The maximum absolute atomic E-state index is 11.3. The van der Waals surface area contributed by atoms with Crippen LogP contribution in [0.15, 0.2) is 64.5 Å². The zero-order valence-corrected chi connectivity index (χ0v) is 10.8. The molecule has 0 aliphatic heterocycles. The third-order valence-electron chi connectivity index (χ3n) is 2.43. The SMILES string of the molecule is CS(=O)(=O)c1ccc(C=Nc2ccccc2)cc1. The van der Waals surface area contributed by atoms with Gasteiger partial charge in [0.15, 0.2) is 9.84 Å². The lowest BCUT2D eigenvalue weighted by atomic mass is 10.2. The molecule has 0 radical (unpaired) electrons. The molecule has 0 amide bonds. The Morgan fingerprint density at radius 3 is 2.11 bits per heavy atom. The first kappa shape index (κ1) is 12.5. The smallest absolute Gasteiger partial charge is 0.175 e. The van der Waals surface area contributed by atoms with E-state index in [2.05, 4.69) is 4.99 Å². The van der Waals surface area contributed by atoms with Gasteiger partial charge >= 0.3 is 0 Å². The molecule has 0 heterocycles. The summed E-state index contributed by atoms with van der Waals surface area (Å²) in [5, 5.41) is 0. The molecule has 0 aliphatic rings. The fraction of sp³-hybridized carbons (Fsp3) is 0.0714. The predicted octanol–water partition coefficient (Wildman–Crippen LogP) is 2.84. The second-order valence-corrected chi connectivity index (χ2v) is 5.95. The first-order valence-electron chi connectivity index (χ1n) is 5.45. The number of nitrogens with zero attached hydrogens (tertiary/aromatic N) is 1. The lowest BCUT2D eigenvalue weighted by Gasteiger charge is -1.98. The van der Waals surface area contributed by atoms with E-state index in [9.17, 15) is 8.42 Å². The summed E-state index contributed by atoms with van der Waals surface area (Å²) >= 11 is 0. The van der Waals surface area contributed by atoms with Crippen LogP contribution >= 0.6 is 0 Å². The van der Waals surface area contributed by atoms with Gasteiger partial charge in [-0.25, -0.2) is 8.42 Å². The first-order valence-corrected chi connectivity index (χ1v) is 7.34. The molecule has 2 aromatic rings. The van der Waals surface area contributed by atoms with Crippen molar-refractivity contribution < 1.29 is 8.42 Å². The van der Waals surface area contributed by atoms with Gasteiger partial charge in [-0.3, -0.25) is 4.99 Å². The fourth-order valence-electron chi connectivity index (χ4n) is 1.46. The third-order valence-corrected chi connectivity index (χ3v) is 3.56. The van der Waals surface area contributed by atoms with Crippen LogP contribution < -0.4 is 0 Å². The van der Waals surface area contributed by atoms with E-state index in [1.807, 2.05) is 30.3 Å². The zero-order valence-electron chi connectivity index (χ0n) is 9.95. The van der Waals surface area contributed by atoms with Gasteiger partial charge in [0.25, 0.3) is 0 Å². The van der Waals surface area contributed by atoms with Crippen LogP contribution in [0.3, 0.4) is 0 Å². The Morgan fingerprint density at radius 2 is 1.56 bits per heavy atom. The average Bonchev–Trinajstić information content (AvgIpc) is 2.37. The monoisotopic (exact) mass is 259 g/mol. The Morgan fingerprint density at radius 1 is 0.944 bits per heavy atom. The van der Waals surface area contributed by atoms with E-state index in [0.717, 1.165) is 11.3 Å². The standard InChI is InChI=1S/C14H13NO2S/c1-18(16,17)14-9-7-12(8-10-14)11-15-13-5-3-2-4-6-13/h2-11H,1H3. The molecule has 0 aliphatic carbocycles. The summed E-state index contributed by atoms with van der Waals surface area (Å²) in [7, 11) is -3.13. The van der Waals surface area contributed by atoms with Crippen molar-refractivity contribution in [1.29, 1.82) is 0 Å². The molecular weight excluding hydrogens is 246 g/mol. The molecule has 2 aromatic carbocycles. The normalized spacial score (nSPS) is 11.8. The minimum Gasteiger partial charge on any atom is -0.256 e. The van der Waals surface area contributed by atoms with Crippen molar-refractivity contribution in [2.24, 2.45) is 4.99 Å². The van der Waals surface area contributed by atoms with Gasteiger partial charge in [-0.05, 0) is 29.8 Å². The minimum atomic E-state index is -3.13. The summed E-state index contributed by atoms with van der Waals surface area (Å²) in [6, 6.07) is 16.2. The van der Waals surface area contributed by atoms with Crippen LogP contribution in [0.2, 0.25) is 0 Å². The zero-order chi connectivity index (χ0) is 13.0. The van der Waals surface area contributed by atoms with Crippen LogP contribution in [0.1, 0.15) is 5.56 Å². The van der Waals surface area contributed by atoms with E-state index in [1.54, 1.807) is 30.5 Å². The quantitative estimate of drug-likeness (QED) is 0.796. The van der Waals surface area contributed by atoms with E-state index in [1.165, 1.54) is 6.26 Å². The molecule has 4 heteroatoms. The minimum absolute atomic E-state index is 0.319. The molecule has 0 aromatic heterocycles. The van der Waals surface area contributed by atoms with Crippen LogP contribution in [0.4, 0.5) is 5.69 Å². The van der Waals surface area contributed by atoms with Gasteiger partial charge < -0.3 is 0 Å². The first-order chi connectivity index (χ1) is 8.55. The highest BCUT2D eigenvalue weighted by Gasteiger charge is 2.05. The molecule has 0 N–H and O–H groups in total. The van der Waals surface area contributed by atoms with E-state index < -0.39 is 9.84 Å². The molecule has 2 rings (SSSR count). The topological polar surface area (TPSA) is 46.5 Å². The maximum Gasteiger partial charge on any atom is 0.175 e. The van der Waals surface area contributed by atoms with Gasteiger partial charge in [0.2, 0.25) is 0 Å². The Balaban J connectivity index is 2.19. The molecular formula is C14H13NO2S. The van der Waals surface area contributed by atoms with Crippen molar-refractivity contribution >= 4 is 21.7 Å². The number of hydrogen-bond acceptors (Lipinski definition) is 3. The molecule has 0 saturated carbocycles. The predicted molar refractivity (Wildman–Crippen MR) is 73.2 cm³/mol. The van der Waals surface area contributed by atoms with Gasteiger partial charge in [-0.1, -0.05) is 30.3 Å². The Bertz CT molecular complexity index is 644. The molecule has 3 nitrogen and oxygen atoms in total. The number of rotatable bonds is 3. The van der Waals surface area contributed by atoms with Crippen molar-refractivity contribution in [3.05, 3.63) is 60.2 Å². The van der Waals surface area contributed by atoms with E-state index in [4.69, 9.17) is 0 Å². The molecule has 18 heavy (non-hydrogen) atoms. The van der Waals surface area contributed by atoms with Gasteiger partial charge in [-0.15, -0.1) is 0 Å². The van der Waals surface area contributed by atoms with Crippen LogP contribution in [0, 0.1) is 0 Å². The summed E-state index contributed by atoms with van der Waals surface area (Å²) in [5.41, 5.74) is 1.73. The highest BCUT2D eigenvalue weighted by molar-refractivity contribution is 7.90. The molecule has 0 spiro atoms. The molecule has 0 saturated heterocycles. The van der Waals surface area contributed by atoms with E-state index in [0.29, 0.717) is 4.90 Å². The number of sulfone groups is 1. The van der Waals surface area contributed by atoms with Crippen molar-refractivity contribution in [1.82, 2.24) is 0 Å². The van der Waals surface area contributed by atoms with E-state index in [-0.39, 0.29) is 0 Å². The lowest BCUT2D eigenvalue weighted by Crippen LogP contribution is -1.96. The Labute approximate surface area is 107 Å². The summed E-state index contributed by atoms with van der Waals surface area (Å²) in [6.07, 6.45) is 2.90. The van der Waals surface area contributed by atoms with Crippen molar-refractivity contribution in [2.45, 2.75) is 4.90 Å². The maximum atomic E-state index is 11.3. The largest absolute Gasteiger partial charge is 0.256 e. The Kier molecular flexibility index (Phi) is 3.58. The molecule has 0 atom stereocenters. The van der Waals surface area contributed by atoms with Gasteiger partial charge in [0.1, 0.15) is 0 Å². The second-order valence-electron chi connectivity index (χ2n) is 3.93. The van der Waals surface area contributed by atoms with Crippen LogP contribution in [0.5, 0.6) is 0 Å². The average molecular weight is 259 g/mol. The molecule has 0 bridgehead atoms. The highest BCUT2D eigenvalue weighted by atomic mass is 32.2. The number of aliphatic imine (C=N–C) groups is 1. The van der Waals surface area contributed by atoms with Crippen LogP contribution in [-0.4, -0.2) is 20.9 Å². The molecule has 92 valence electrons. The third kappa shape index (κ3) is 3.28. The summed E-state index contributed by atoms with van der Waals surface area (Å²) in [4.78, 5) is 4.61. The van der Waals surface area contributed by atoms with Gasteiger partial charge in [0, 0.05) is 12.5 Å². The van der Waals surface area contributed by atoms with Crippen molar-refractivity contribution in [3.63, 3.8) is 0 Å². The van der Waals surface area contributed by atoms with Crippen LogP contribution in [0.25, 0.3) is 0 Å². The van der Waals surface area contributed by atoms with Crippen molar-refractivity contribution in [3.8, 4) is 0 Å². The number of benzene rings is 2. The summed E-state index contributed by atoms with van der Waals surface area (Å²) in [5.74, 6) is 0. The summed E-state index contributed by atoms with van der Waals surface area (Å²) in [6.45, 7) is 0. The summed E-state index contributed by atoms with van der Waals surface area (Å²) < 4.78 is 22.6. The van der Waals surface area contributed by atoms with Gasteiger partial charge in [0.05, 0.1) is 10.6 Å². The van der Waals surface area contributed by atoms with E-state index >= 15 is 0 Å². The van der Waals surface area contributed by atoms with Crippen molar-refractivity contribution in [2.75, 3.05) is 6.26 Å². The number of para-hydroxylation sites is 1.